The molecule has 0 saturated heterocycles. The van der Waals surface area contributed by atoms with E-state index in [2.05, 4.69) is 28.2 Å². The summed E-state index contributed by atoms with van der Waals surface area (Å²) in [6.45, 7) is 6.13. The van der Waals surface area contributed by atoms with Gasteiger partial charge in [0.25, 0.3) is 0 Å². The van der Waals surface area contributed by atoms with E-state index in [1.165, 1.54) is 5.56 Å². The molecule has 0 radical (unpaired) electrons. The maximum absolute atomic E-state index is 11.8. The largest absolute Gasteiger partial charge is 0.481 e. The number of rotatable bonds is 15. The van der Waals surface area contributed by atoms with Gasteiger partial charge in [-0.2, -0.15) is 0 Å². The Labute approximate surface area is 256 Å². The van der Waals surface area contributed by atoms with Gasteiger partial charge in [0.05, 0.1) is 0 Å². The molecular weight excluding hydrogens is 572 g/mol. The first-order valence-electron chi connectivity index (χ1n) is 14.2. The zero-order valence-electron chi connectivity index (χ0n) is 25.2. The Kier molecular flexibility index (Phi) is 16.2. The standard InChI is InChI=1S/C15H19N3O7.C15H25N3O/c16-9-3-1-8(2-4-9)7-11(14(23)24)18-15(25)17-10(13(21)22)5-6-12(19)20;1-4-5-11(2)17-15(19)18-12(3)10-13-6-8-14(16)9-7-13/h1-4,10-11H,5-7,16H2,(H,19,20)(H,21,22)(H,23,24)(H2,17,18,25);6-9,11-12H,4-5,10,16H2,1-3H3,(H2,17,18,19)/t10-,11-;11-,12-/m01/s1. The van der Waals surface area contributed by atoms with Crippen LogP contribution >= 0.6 is 0 Å². The van der Waals surface area contributed by atoms with E-state index in [1.54, 1.807) is 24.3 Å². The van der Waals surface area contributed by atoms with Crippen molar-refractivity contribution in [2.24, 2.45) is 0 Å². The molecule has 11 N–H and O–H groups in total. The fraction of sp³-hybridized carbons (Fsp3) is 0.433. The number of urea groups is 2. The molecule has 0 fully saturated rings. The molecule has 0 heterocycles. The summed E-state index contributed by atoms with van der Waals surface area (Å²) in [6.07, 6.45) is 2.06. The number of carboxylic acids is 3. The number of carbonyl (C=O) groups excluding carboxylic acids is 2. The third kappa shape index (κ3) is 15.8. The van der Waals surface area contributed by atoms with E-state index in [1.807, 2.05) is 38.1 Å². The highest BCUT2D eigenvalue weighted by Gasteiger charge is 2.25. The van der Waals surface area contributed by atoms with Crippen LogP contribution in [-0.4, -0.2) is 69.5 Å². The van der Waals surface area contributed by atoms with Gasteiger partial charge < -0.3 is 48.1 Å². The van der Waals surface area contributed by atoms with E-state index >= 15 is 0 Å². The minimum atomic E-state index is -1.44. The third-order valence-corrected chi connectivity index (χ3v) is 6.27. The molecule has 0 aliphatic heterocycles. The highest BCUT2D eigenvalue weighted by Crippen LogP contribution is 2.09. The Balaban J connectivity index is 0.000000457. The van der Waals surface area contributed by atoms with Crippen LogP contribution in [0.1, 0.15) is 57.6 Å². The van der Waals surface area contributed by atoms with Crippen molar-refractivity contribution >= 4 is 41.3 Å². The molecule has 242 valence electrons. The topological polar surface area (TPSA) is 246 Å². The van der Waals surface area contributed by atoms with Crippen LogP contribution in [0.4, 0.5) is 21.0 Å². The van der Waals surface area contributed by atoms with Crippen LogP contribution in [0, 0.1) is 0 Å². The Morgan fingerprint density at radius 1 is 0.636 bits per heavy atom. The van der Waals surface area contributed by atoms with Gasteiger partial charge in [0.15, 0.2) is 0 Å². The number of nitrogen functional groups attached to an aromatic ring is 2. The maximum Gasteiger partial charge on any atom is 0.326 e. The SMILES string of the molecule is CCC[C@@H](C)NC(=O)N[C@H](C)Cc1ccc(N)cc1.Nc1ccc(C[C@H](NC(=O)N[C@@H](CCC(=O)O)C(=O)O)C(=O)O)cc1. The third-order valence-electron chi connectivity index (χ3n) is 6.27. The summed E-state index contributed by atoms with van der Waals surface area (Å²) in [7, 11) is 0. The number of carbonyl (C=O) groups is 5. The first-order chi connectivity index (χ1) is 20.7. The number of benzene rings is 2. The molecule has 0 aliphatic carbocycles. The molecule has 0 saturated carbocycles. The lowest BCUT2D eigenvalue weighted by atomic mass is 10.1. The predicted octanol–water partition coefficient (Wildman–Crippen LogP) is 2.57. The van der Waals surface area contributed by atoms with E-state index in [0.29, 0.717) is 11.3 Å². The predicted molar refractivity (Wildman–Crippen MR) is 166 cm³/mol. The molecule has 0 unspecified atom stereocenters. The zero-order valence-corrected chi connectivity index (χ0v) is 25.2. The van der Waals surface area contributed by atoms with E-state index < -0.39 is 42.4 Å². The van der Waals surface area contributed by atoms with Crippen molar-refractivity contribution in [3.8, 4) is 0 Å². The van der Waals surface area contributed by atoms with Crippen molar-refractivity contribution in [2.75, 3.05) is 11.5 Å². The van der Waals surface area contributed by atoms with Crippen molar-refractivity contribution in [1.82, 2.24) is 21.3 Å². The fourth-order valence-corrected chi connectivity index (χ4v) is 4.03. The minimum absolute atomic E-state index is 0.0318. The molecule has 4 atom stereocenters. The van der Waals surface area contributed by atoms with Crippen molar-refractivity contribution in [1.29, 1.82) is 0 Å². The second-order valence-electron chi connectivity index (χ2n) is 10.4. The van der Waals surface area contributed by atoms with Gasteiger partial charge in [0.2, 0.25) is 0 Å². The van der Waals surface area contributed by atoms with E-state index in [4.69, 9.17) is 21.7 Å². The molecule has 4 amide bonds. The lowest BCUT2D eigenvalue weighted by Gasteiger charge is -2.18. The second kappa shape index (κ2) is 19.2. The number of hydrogen-bond donors (Lipinski definition) is 9. The molecule has 14 heteroatoms. The lowest BCUT2D eigenvalue weighted by molar-refractivity contribution is -0.140. The molecule has 2 aromatic rings. The molecule has 14 nitrogen and oxygen atoms in total. The summed E-state index contributed by atoms with van der Waals surface area (Å²) >= 11 is 0. The number of carboxylic acid groups (broad SMARTS) is 3. The lowest BCUT2D eigenvalue weighted by Crippen LogP contribution is -2.51. The van der Waals surface area contributed by atoms with Gasteiger partial charge in [-0.25, -0.2) is 19.2 Å². The second-order valence-corrected chi connectivity index (χ2v) is 10.4. The first-order valence-corrected chi connectivity index (χ1v) is 14.2. The van der Waals surface area contributed by atoms with E-state index in [-0.39, 0.29) is 31.0 Å². The van der Waals surface area contributed by atoms with E-state index in [0.717, 1.165) is 24.9 Å². The average Bonchev–Trinajstić information content (AvgIpc) is 2.93. The number of nitrogens with two attached hydrogens (primary N) is 2. The molecule has 44 heavy (non-hydrogen) atoms. The van der Waals surface area contributed by atoms with Crippen LogP contribution in [0.25, 0.3) is 0 Å². The Bertz CT molecular complexity index is 1220. The molecular formula is C30H44N6O8. The van der Waals surface area contributed by atoms with Crippen molar-refractivity contribution in [3.05, 3.63) is 59.7 Å². The van der Waals surface area contributed by atoms with Crippen molar-refractivity contribution < 1.29 is 39.3 Å². The molecule has 0 aromatic heterocycles. The quantitative estimate of drug-likeness (QED) is 0.132. The number of amides is 4. The van der Waals surface area contributed by atoms with Crippen LogP contribution in [0.15, 0.2) is 48.5 Å². The molecule has 2 aromatic carbocycles. The summed E-state index contributed by atoms with van der Waals surface area (Å²) in [6, 6.07) is 10.6. The summed E-state index contributed by atoms with van der Waals surface area (Å²) in [5.74, 6) is -3.92. The maximum atomic E-state index is 11.8. The smallest absolute Gasteiger partial charge is 0.326 e. The fourth-order valence-electron chi connectivity index (χ4n) is 4.03. The monoisotopic (exact) mass is 616 g/mol. The van der Waals surface area contributed by atoms with Gasteiger partial charge in [-0.05, 0) is 68.5 Å². The van der Waals surface area contributed by atoms with Gasteiger partial charge in [-0.1, -0.05) is 37.6 Å². The molecule has 0 aliphatic rings. The molecule has 2 rings (SSSR count). The van der Waals surface area contributed by atoms with Crippen molar-refractivity contribution in [2.45, 2.75) is 83.5 Å². The van der Waals surface area contributed by atoms with Crippen molar-refractivity contribution in [3.63, 3.8) is 0 Å². The van der Waals surface area contributed by atoms with Gasteiger partial charge in [-0.3, -0.25) is 4.79 Å². The normalized spacial score (nSPS) is 13.1. The number of hydrogen-bond acceptors (Lipinski definition) is 7. The van der Waals surface area contributed by atoms with Crippen LogP contribution in [0.5, 0.6) is 0 Å². The van der Waals surface area contributed by atoms with Gasteiger partial charge in [0.1, 0.15) is 12.1 Å². The van der Waals surface area contributed by atoms with Gasteiger partial charge >= 0.3 is 30.0 Å². The molecule has 0 spiro atoms. The Morgan fingerprint density at radius 2 is 1.07 bits per heavy atom. The number of nitrogens with one attached hydrogen (secondary N) is 4. The number of aliphatic carboxylic acids is 3. The summed E-state index contributed by atoms with van der Waals surface area (Å²) in [5.41, 5.74) is 14.2. The van der Waals surface area contributed by atoms with Crippen LogP contribution in [0.2, 0.25) is 0 Å². The summed E-state index contributed by atoms with van der Waals surface area (Å²) < 4.78 is 0. The van der Waals surface area contributed by atoms with Crippen LogP contribution in [0.3, 0.4) is 0 Å². The average molecular weight is 617 g/mol. The summed E-state index contributed by atoms with van der Waals surface area (Å²) in [5, 5.41) is 36.8. The minimum Gasteiger partial charge on any atom is -0.481 e. The van der Waals surface area contributed by atoms with Crippen LogP contribution < -0.4 is 32.7 Å². The Hall–Kier alpha value is -5.01. The highest BCUT2D eigenvalue weighted by atomic mass is 16.4. The zero-order chi connectivity index (χ0) is 33.2. The van der Waals surface area contributed by atoms with E-state index in [9.17, 15) is 29.1 Å². The Morgan fingerprint density at radius 3 is 1.52 bits per heavy atom. The highest BCUT2D eigenvalue weighted by molar-refractivity contribution is 5.86. The summed E-state index contributed by atoms with van der Waals surface area (Å²) in [4.78, 5) is 56.4. The van der Waals surface area contributed by atoms with Gasteiger partial charge in [-0.15, -0.1) is 0 Å². The number of anilines is 2. The molecule has 0 bridgehead atoms. The van der Waals surface area contributed by atoms with Crippen LogP contribution in [-0.2, 0) is 27.2 Å². The first kappa shape index (κ1) is 37.0. The van der Waals surface area contributed by atoms with Gasteiger partial charge in [0, 0.05) is 36.3 Å².